The summed E-state index contributed by atoms with van der Waals surface area (Å²) in [6.45, 7) is 6.65. The van der Waals surface area contributed by atoms with Crippen LogP contribution in [0.4, 0.5) is 5.13 Å². The van der Waals surface area contributed by atoms with Gasteiger partial charge in [0.25, 0.3) is 0 Å². The molecule has 0 saturated heterocycles. The third-order valence-corrected chi connectivity index (χ3v) is 3.64. The molecule has 0 bridgehead atoms. The van der Waals surface area contributed by atoms with Crippen molar-refractivity contribution in [2.24, 2.45) is 0 Å². The van der Waals surface area contributed by atoms with E-state index in [-0.39, 0.29) is 0 Å². The molecule has 1 aromatic carbocycles. The predicted octanol–water partition coefficient (Wildman–Crippen LogP) is 3.92. The van der Waals surface area contributed by atoms with Gasteiger partial charge in [0, 0.05) is 13.1 Å². The number of para-hydroxylation sites is 1. The number of hydrogen-bond acceptors (Lipinski definition) is 3. The average Bonchev–Trinajstić information content (AvgIpc) is 2.72. The second-order valence-corrected chi connectivity index (χ2v) is 4.96. The van der Waals surface area contributed by atoms with E-state index in [9.17, 15) is 0 Å². The molecule has 0 aliphatic carbocycles. The summed E-state index contributed by atoms with van der Waals surface area (Å²) in [6.07, 6.45) is 2.35. The van der Waals surface area contributed by atoms with Crippen molar-refractivity contribution < 1.29 is 0 Å². The van der Waals surface area contributed by atoms with Crippen molar-refractivity contribution in [2.75, 3.05) is 18.0 Å². The van der Waals surface area contributed by atoms with Gasteiger partial charge in [-0.15, -0.1) is 0 Å². The molecule has 0 aliphatic heterocycles. The second-order valence-electron chi connectivity index (χ2n) is 3.95. The van der Waals surface area contributed by atoms with Crippen LogP contribution in [0.1, 0.15) is 26.7 Å². The average molecular weight is 234 g/mol. The lowest BCUT2D eigenvalue weighted by Gasteiger charge is -2.19. The normalized spacial score (nSPS) is 10.9. The smallest absolute Gasteiger partial charge is 0.186 e. The zero-order chi connectivity index (χ0) is 11.4. The number of thiazole rings is 1. The lowest BCUT2D eigenvalue weighted by molar-refractivity contribution is 0.743. The highest BCUT2D eigenvalue weighted by atomic mass is 32.1. The van der Waals surface area contributed by atoms with Crippen LogP contribution >= 0.6 is 11.3 Å². The topological polar surface area (TPSA) is 16.1 Å². The maximum Gasteiger partial charge on any atom is 0.186 e. The Morgan fingerprint density at radius 2 is 1.81 bits per heavy atom. The third kappa shape index (κ3) is 2.35. The fraction of sp³-hybridized carbons (Fsp3) is 0.462. The van der Waals surface area contributed by atoms with Crippen LogP contribution in [0.15, 0.2) is 24.3 Å². The van der Waals surface area contributed by atoms with Crippen molar-refractivity contribution in [1.82, 2.24) is 4.98 Å². The molecule has 86 valence electrons. The summed E-state index contributed by atoms with van der Waals surface area (Å²) in [6, 6.07) is 8.36. The molecule has 0 unspecified atom stereocenters. The van der Waals surface area contributed by atoms with E-state index in [0.717, 1.165) is 18.6 Å². The first-order chi connectivity index (χ1) is 7.85. The van der Waals surface area contributed by atoms with Crippen LogP contribution in [0, 0.1) is 0 Å². The van der Waals surface area contributed by atoms with Crippen LogP contribution in [0.25, 0.3) is 10.2 Å². The number of anilines is 1. The van der Waals surface area contributed by atoms with Crippen LogP contribution in [-0.2, 0) is 0 Å². The minimum absolute atomic E-state index is 1.10. The van der Waals surface area contributed by atoms with Crippen molar-refractivity contribution in [3.8, 4) is 0 Å². The van der Waals surface area contributed by atoms with Gasteiger partial charge in [0.2, 0.25) is 0 Å². The molecule has 0 spiro atoms. The van der Waals surface area contributed by atoms with E-state index >= 15 is 0 Å². The Bertz CT molecular complexity index is 411. The third-order valence-electron chi connectivity index (χ3n) is 2.54. The summed E-state index contributed by atoms with van der Waals surface area (Å²) >= 11 is 1.80. The summed E-state index contributed by atoms with van der Waals surface area (Å²) in [5.74, 6) is 0. The van der Waals surface area contributed by atoms with Crippen molar-refractivity contribution in [3.63, 3.8) is 0 Å². The molecular weight excluding hydrogens is 216 g/mol. The lowest BCUT2D eigenvalue weighted by atomic mass is 10.3. The van der Waals surface area contributed by atoms with Gasteiger partial charge in [0.1, 0.15) is 0 Å². The van der Waals surface area contributed by atoms with Gasteiger partial charge >= 0.3 is 0 Å². The number of aromatic nitrogens is 1. The van der Waals surface area contributed by atoms with Gasteiger partial charge in [0.15, 0.2) is 5.13 Å². The molecule has 2 aromatic rings. The Balaban J connectivity index is 2.29. The molecule has 0 fully saturated rings. The van der Waals surface area contributed by atoms with E-state index in [2.05, 4.69) is 43.0 Å². The standard InChI is InChI=1S/C13H18N2S/c1-3-9-15(10-4-2)13-14-11-7-5-6-8-12(11)16-13/h5-8H,3-4,9-10H2,1-2H3. The zero-order valence-electron chi connectivity index (χ0n) is 9.94. The first-order valence-corrected chi connectivity index (χ1v) is 6.77. The molecule has 0 atom stereocenters. The minimum Gasteiger partial charge on any atom is -0.348 e. The van der Waals surface area contributed by atoms with Gasteiger partial charge in [-0.2, -0.15) is 0 Å². The first kappa shape index (κ1) is 11.4. The fourth-order valence-corrected chi connectivity index (χ4v) is 2.86. The van der Waals surface area contributed by atoms with E-state index < -0.39 is 0 Å². The molecule has 0 radical (unpaired) electrons. The van der Waals surface area contributed by atoms with E-state index in [0.29, 0.717) is 0 Å². The summed E-state index contributed by atoms with van der Waals surface area (Å²) < 4.78 is 1.29. The van der Waals surface area contributed by atoms with Gasteiger partial charge in [-0.25, -0.2) is 4.98 Å². The molecule has 2 rings (SSSR count). The van der Waals surface area contributed by atoms with E-state index in [1.165, 1.54) is 22.7 Å². The van der Waals surface area contributed by atoms with Crippen LogP contribution in [-0.4, -0.2) is 18.1 Å². The van der Waals surface area contributed by atoms with E-state index in [1.807, 2.05) is 0 Å². The summed E-state index contributed by atoms with van der Waals surface area (Å²) in [7, 11) is 0. The largest absolute Gasteiger partial charge is 0.348 e. The van der Waals surface area contributed by atoms with Gasteiger partial charge < -0.3 is 4.90 Å². The maximum absolute atomic E-state index is 4.69. The molecule has 1 aromatic heterocycles. The van der Waals surface area contributed by atoms with Crippen LogP contribution in [0.5, 0.6) is 0 Å². The molecule has 1 heterocycles. The second kappa shape index (κ2) is 5.30. The Morgan fingerprint density at radius 1 is 1.12 bits per heavy atom. The van der Waals surface area contributed by atoms with Crippen molar-refractivity contribution in [2.45, 2.75) is 26.7 Å². The molecular formula is C13H18N2S. The SMILES string of the molecule is CCCN(CCC)c1nc2ccccc2s1. The summed E-state index contributed by atoms with van der Waals surface area (Å²) in [4.78, 5) is 7.09. The Morgan fingerprint density at radius 3 is 2.44 bits per heavy atom. The predicted molar refractivity (Wildman–Crippen MR) is 72.4 cm³/mol. The lowest BCUT2D eigenvalue weighted by Crippen LogP contribution is -2.24. The summed E-state index contributed by atoms with van der Waals surface area (Å²) in [5, 5.41) is 1.17. The highest BCUT2D eigenvalue weighted by Gasteiger charge is 2.09. The molecule has 2 nitrogen and oxygen atoms in total. The molecule has 0 saturated carbocycles. The van der Waals surface area contributed by atoms with E-state index in [1.54, 1.807) is 11.3 Å². The molecule has 0 aliphatic rings. The van der Waals surface area contributed by atoms with Crippen LogP contribution in [0.3, 0.4) is 0 Å². The maximum atomic E-state index is 4.69. The van der Waals surface area contributed by atoms with Crippen LogP contribution in [0.2, 0.25) is 0 Å². The van der Waals surface area contributed by atoms with E-state index in [4.69, 9.17) is 4.98 Å². The first-order valence-electron chi connectivity index (χ1n) is 5.95. The minimum atomic E-state index is 1.10. The number of nitrogens with zero attached hydrogens (tertiary/aromatic N) is 2. The Kier molecular flexibility index (Phi) is 3.78. The van der Waals surface area contributed by atoms with Gasteiger partial charge in [-0.1, -0.05) is 37.3 Å². The zero-order valence-corrected chi connectivity index (χ0v) is 10.8. The van der Waals surface area contributed by atoms with Gasteiger partial charge in [0.05, 0.1) is 10.2 Å². The van der Waals surface area contributed by atoms with Gasteiger partial charge in [-0.3, -0.25) is 0 Å². The Hall–Kier alpha value is -1.09. The van der Waals surface area contributed by atoms with Crippen molar-refractivity contribution in [3.05, 3.63) is 24.3 Å². The van der Waals surface area contributed by atoms with Gasteiger partial charge in [-0.05, 0) is 25.0 Å². The number of rotatable bonds is 5. The number of hydrogen-bond donors (Lipinski definition) is 0. The quantitative estimate of drug-likeness (QED) is 0.779. The highest BCUT2D eigenvalue weighted by Crippen LogP contribution is 2.28. The van der Waals surface area contributed by atoms with Crippen molar-refractivity contribution in [1.29, 1.82) is 0 Å². The van der Waals surface area contributed by atoms with Crippen molar-refractivity contribution >= 4 is 26.7 Å². The monoisotopic (exact) mass is 234 g/mol. The summed E-state index contributed by atoms with van der Waals surface area (Å²) in [5.41, 5.74) is 1.12. The highest BCUT2D eigenvalue weighted by molar-refractivity contribution is 7.22. The molecule has 0 N–H and O–H groups in total. The fourth-order valence-electron chi connectivity index (χ4n) is 1.84. The number of fused-ring (bicyclic) bond motifs is 1. The molecule has 0 amide bonds. The number of benzene rings is 1. The molecule has 16 heavy (non-hydrogen) atoms. The molecule has 3 heteroatoms. The van der Waals surface area contributed by atoms with Crippen LogP contribution < -0.4 is 4.90 Å². The Labute approximate surface area is 101 Å².